The number of alkyl halides is 1. The number of esters is 1. The van der Waals surface area contributed by atoms with Gasteiger partial charge in [-0.2, -0.15) is 0 Å². The summed E-state index contributed by atoms with van der Waals surface area (Å²) in [7, 11) is 1.06. The molecule has 3 aliphatic carbocycles. The van der Waals surface area contributed by atoms with Crippen LogP contribution in [0.4, 0.5) is 0 Å². The molecule has 3 unspecified atom stereocenters. The number of para-hydroxylation sites is 1. The molecule has 3 saturated carbocycles. The van der Waals surface area contributed by atoms with E-state index >= 15 is 0 Å². The Balaban J connectivity index is 1.54. The molecule has 1 aromatic rings. The van der Waals surface area contributed by atoms with Gasteiger partial charge in [0, 0.05) is 0 Å². The van der Waals surface area contributed by atoms with Gasteiger partial charge < -0.3 is 18.8 Å². The highest BCUT2D eigenvalue weighted by molar-refractivity contribution is 6.60. The molecule has 7 heteroatoms. The quantitative estimate of drug-likeness (QED) is 0.351. The number of benzene rings is 1. The number of hydrogen-bond donors (Lipinski definition) is 0. The molecule has 2 bridgehead atoms. The van der Waals surface area contributed by atoms with Crippen LogP contribution in [0.3, 0.4) is 0 Å². The Morgan fingerprint density at radius 2 is 2.00 bits per heavy atom. The maximum absolute atomic E-state index is 12.7. The number of hydrogen-bond acceptors (Lipinski definition) is 5. The Hall–Kier alpha value is -1.24. The zero-order valence-electron chi connectivity index (χ0n) is 19.7. The van der Waals surface area contributed by atoms with Crippen molar-refractivity contribution in [1.29, 1.82) is 0 Å². The summed E-state index contributed by atoms with van der Waals surface area (Å²) in [5.74, 6) is 0.763. The Morgan fingerprint density at radius 3 is 2.58 bits per heavy atom. The van der Waals surface area contributed by atoms with E-state index in [1.165, 1.54) is 6.42 Å². The molecule has 31 heavy (non-hydrogen) atoms. The monoisotopic (exact) mass is 448 g/mol. The van der Waals surface area contributed by atoms with E-state index in [0.29, 0.717) is 23.7 Å². The number of fused-ring (bicyclic) bond motifs is 1. The first-order valence-corrected chi connectivity index (χ1v) is 11.7. The van der Waals surface area contributed by atoms with Crippen LogP contribution in [0, 0.1) is 11.3 Å². The third kappa shape index (κ3) is 3.50. The standard InChI is InChI=1S/C24H34BClO5/c1-21(2,3)29-20(27)17-10-8-9-15(19(17)28-7)13-18(26)25-30-23(6)12-11-16-14-24(23,31-25)22(16,4)5/h8-10,16,18H,11-14H2,1-7H3/t16?,18-,23?,24?/m1/s1. The molecule has 0 N–H and O–H groups in total. The summed E-state index contributed by atoms with van der Waals surface area (Å²) in [6.45, 7) is 12.3. The number of halogens is 1. The first-order valence-electron chi connectivity index (χ1n) is 11.2. The van der Waals surface area contributed by atoms with E-state index in [-0.39, 0.29) is 16.6 Å². The minimum absolute atomic E-state index is 0.0830. The zero-order chi connectivity index (χ0) is 22.8. The highest BCUT2D eigenvalue weighted by atomic mass is 35.5. The lowest BCUT2D eigenvalue weighted by atomic mass is 9.41. The van der Waals surface area contributed by atoms with Crippen LogP contribution in [0.15, 0.2) is 18.2 Å². The molecule has 5 nitrogen and oxygen atoms in total. The van der Waals surface area contributed by atoms with Gasteiger partial charge in [0.1, 0.15) is 16.9 Å². The van der Waals surface area contributed by atoms with Crippen LogP contribution in [-0.4, -0.2) is 42.3 Å². The molecule has 170 valence electrons. The Bertz CT molecular complexity index is 881. The van der Waals surface area contributed by atoms with Crippen LogP contribution in [0.25, 0.3) is 0 Å². The number of rotatable bonds is 5. The molecule has 4 atom stereocenters. The second-order valence-corrected chi connectivity index (χ2v) is 11.6. The van der Waals surface area contributed by atoms with Gasteiger partial charge in [0.2, 0.25) is 0 Å². The minimum Gasteiger partial charge on any atom is -0.496 e. The van der Waals surface area contributed by atoms with E-state index in [1.54, 1.807) is 13.2 Å². The SMILES string of the molecule is COc1c(C[C@@H](Cl)B2OC3(C)CCC4CC3(O2)C4(C)C)cccc1C(=O)OC(C)(C)C. The van der Waals surface area contributed by atoms with Gasteiger partial charge in [-0.05, 0) is 76.3 Å². The van der Waals surface area contributed by atoms with Gasteiger partial charge in [-0.25, -0.2) is 4.79 Å². The average Bonchev–Trinajstić information content (AvgIpc) is 3.02. The van der Waals surface area contributed by atoms with Gasteiger partial charge in [0.25, 0.3) is 0 Å². The van der Waals surface area contributed by atoms with E-state index in [2.05, 4.69) is 20.8 Å². The van der Waals surface area contributed by atoms with E-state index in [9.17, 15) is 4.79 Å². The molecule has 1 aromatic carbocycles. The number of ether oxygens (including phenoxy) is 2. The number of carbonyl (C=O) groups is 1. The van der Waals surface area contributed by atoms with Crippen LogP contribution in [0.1, 0.15) is 76.7 Å². The van der Waals surface area contributed by atoms with E-state index < -0.39 is 24.0 Å². The average molecular weight is 449 g/mol. The van der Waals surface area contributed by atoms with Crippen molar-refractivity contribution < 1.29 is 23.6 Å². The topological polar surface area (TPSA) is 54.0 Å². The van der Waals surface area contributed by atoms with E-state index in [1.807, 2.05) is 32.9 Å². The maximum atomic E-state index is 12.7. The van der Waals surface area contributed by atoms with Crippen molar-refractivity contribution >= 4 is 24.7 Å². The van der Waals surface area contributed by atoms with Crippen LogP contribution < -0.4 is 4.74 Å². The predicted octanol–water partition coefficient (Wildman–Crippen LogP) is 5.21. The van der Waals surface area contributed by atoms with Crippen LogP contribution in [0.5, 0.6) is 5.75 Å². The summed E-state index contributed by atoms with van der Waals surface area (Å²) in [5, 5.41) is -0.408. The van der Waals surface area contributed by atoms with Crippen molar-refractivity contribution in [2.24, 2.45) is 11.3 Å². The van der Waals surface area contributed by atoms with Crippen molar-refractivity contribution in [3.8, 4) is 5.75 Å². The molecule has 4 fully saturated rings. The smallest absolute Gasteiger partial charge is 0.477 e. The molecular weight excluding hydrogens is 415 g/mol. The summed E-state index contributed by atoms with van der Waals surface area (Å²) in [6.07, 6.45) is 3.66. The molecule has 1 heterocycles. The fraction of sp³-hybridized carbons (Fsp3) is 0.708. The normalized spacial score (nSPS) is 32.1. The molecule has 0 amide bonds. The highest BCUT2D eigenvalue weighted by Gasteiger charge is 2.76. The fourth-order valence-electron chi connectivity index (χ4n) is 5.97. The summed E-state index contributed by atoms with van der Waals surface area (Å²) in [6, 6.07) is 5.47. The van der Waals surface area contributed by atoms with Gasteiger partial charge in [-0.1, -0.05) is 26.0 Å². The van der Waals surface area contributed by atoms with Gasteiger partial charge in [-0.3, -0.25) is 0 Å². The molecule has 5 rings (SSSR count). The molecule has 0 radical (unpaired) electrons. The van der Waals surface area contributed by atoms with Crippen molar-refractivity contribution in [1.82, 2.24) is 0 Å². The molecule has 4 aliphatic rings. The Kier molecular flexibility index (Phi) is 5.47. The van der Waals surface area contributed by atoms with Crippen LogP contribution in [0.2, 0.25) is 0 Å². The van der Waals surface area contributed by atoms with Gasteiger partial charge in [0.15, 0.2) is 0 Å². The second-order valence-electron chi connectivity index (χ2n) is 11.0. The van der Waals surface area contributed by atoms with Crippen molar-refractivity contribution in [2.45, 2.75) is 89.3 Å². The van der Waals surface area contributed by atoms with Gasteiger partial charge in [0.05, 0.1) is 23.6 Å². The largest absolute Gasteiger partial charge is 0.496 e. The molecular formula is C24H34BClO5. The minimum atomic E-state index is -0.586. The molecule has 1 saturated heterocycles. The molecule has 1 spiro atoms. The fourth-order valence-corrected chi connectivity index (χ4v) is 6.24. The Morgan fingerprint density at radius 1 is 1.29 bits per heavy atom. The predicted molar refractivity (Wildman–Crippen MR) is 122 cm³/mol. The van der Waals surface area contributed by atoms with E-state index in [4.69, 9.17) is 30.4 Å². The lowest BCUT2D eigenvalue weighted by Gasteiger charge is -2.69. The van der Waals surface area contributed by atoms with Crippen LogP contribution in [-0.2, 0) is 20.5 Å². The maximum Gasteiger partial charge on any atom is 0.477 e. The van der Waals surface area contributed by atoms with E-state index in [0.717, 1.165) is 18.4 Å². The Labute approximate surface area is 191 Å². The van der Waals surface area contributed by atoms with Gasteiger partial charge in [-0.15, -0.1) is 11.6 Å². The summed E-state index contributed by atoms with van der Waals surface area (Å²) < 4.78 is 24.2. The third-order valence-electron chi connectivity index (χ3n) is 7.74. The molecule has 1 aliphatic heterocycles. The molecule has 0 aromatic heterocycles. The van der Waals surface area contributed by atoms with Crippen molar-refractivity contribution in [3.05, 3.63) is 29.3 Å². The van der Waals surface area contributed by atoms with Gasteiger partial charge >= 0.3 is 13.1 Å². The third-order valence-corrected chi connectivity index (χ3v) is 8.10. The number of carbonyl (C=O) groups excluding carboxylic acids is 1. The zero-order valence-corrected chi connectivity index (χ0v) is 20.5. The van der Waals surface area contributed by atoms with Crippen LogP contribution >= 0.6 is 11.6 Å². The van der Waals surface area contributed by atoms with Crippen molar-refractivity contribution in [2.75, 3.05) is 7.11 Å². The second kappa shape index (κ2) is 7.39. The first-order chi connectivity index (χ1) is 14.3. The number of methoxy groups -OCH3 is 1. The summed E-state index contributed by atoms with van der Waals surface area (Å²) >= 11 is 6.87. The lowest BCUT2D eigenvalue weighted by molar-refractivity contribution is -0.257. The summed E-state index contributed by atoms with van der Waals surface area (Å²) in [5.41, 5.74) is 0.140. The lowest BCUT2D eigenvalue weighted by Crippen LogP contribution is -2.73. The first kappa shape index (κ1) is 22.9. The highest BCUT2D eigenvalue weighted by Crippen LogP contribution is 2.70. The van der Waals surface area contributed by atoms with Crippen molar-refractivity contribution in [3.63, 3.8) is 0 Å². The summed E-state index contributed by atoms with van der Waals surface area (Å²) in [4.78, 5) is 12.7.